The van der Waals surface area contributed by atoms with Crippen LogP contribution in [0, 0.1) is 0 Å². The van der Waals surface area contributed by atoms with E-state index in [-0.39, 0.29) is 11.9 Å². The van der Waals surface area contributed by atoms with Crippen molar-refractivity contribution < 1.29 is 4.79 Å². The molecular formula is C17H16ClN5O. The summed E-state index contributed by atoms with van der Waals surface area (Å²) in [4.78, 5) is 12.5. The van der Waals surface area contributed by atoms with E-state index in [4.69, 9.17) is 11.6 Å². The molecule has 3 aromatic rings. The summed E-state index contributed by atoms with van der Waals surface area (Å²) in [5.74, 6) is -0.125. The highest BCUT2D eigenvalue weighted by Crippen LogP contribution is 2.20. The van der Waals surface area contributed by atoms with Gasteiger partial charge in [-0.05, 0) is 58.8 Å². The Morgan fingerprint density at radius 2 is 1.88 bits per heavy atom. The smallest absolute Gasteiger partial charge is 0.251 e. The lowest BCUT2D eigenvalue weighted by molar-refractivity contribution is 0.0935. The first-order chi connectivity index (χ1) is 11.7. The first-order valence-corrected chi connectivity index (χ1v) is 7.95. The molecule has 1 atom stereocenters. The van der Waals surface area contributed by atoms with Crippen molar-refractivity contribution in [3.8, 4) is 5.69 Å². The van der Waals surface area contributed by atoms with E-state index >= 15 is 0 Å². The van der Waals surface area contributed by atoms with E-state index in [9.17, 15) is 4.79 Å². The Morgan fingerprint density at radius 1 is 1.17 bits per heavy atom. The molecule has 6 nitrogen and oxygen atoms in total. The summed E-state index contributed by atoms with van der Waals surface area (Å²) >= 11 is 5.91. The highest BCUT2D eigenvalue weighted by atomic mass is 35.5. The molecule has 0 fully saturated rings. The molecule has 0 bridgehead atoms. The van der Waals surface area contributed by atoms with Crippen molar-refractivity contribution in [1.82, 2.24) is 25.5 Å². The quantitative estimate of drug-likeness (QED) is 0.773. The van der Waals surface area contributed by atoms with Crippen molar-refractivity contribution in [1.29, 1.82) is 0 Å². The Morgan fingerprint density at radius 3 is 2.46 bits per heavy atom. The third kappa shape index (κ3) is 3.60. The Bertz CT molecular complexity index is 800. The van der Waals surface area contributed by atoms with E-state index in [0.717, 1.165) is 17.7 Å². The molecule has 1 unspecified atom stereocenters. The highest BCUT2D eigenvalue weighted by molar-refractivity contribution is 6.30. The van der Waals surface area contributed by atoms with Gasteiger partial charge in [0.15, 0.2) is 0 Å². The lowest BCUT2D eigenvalue weighted by Gasteiger charge is -2.17. The number of aromatic nitrogens is 4. The number of hydrogen-bond acceptors (Lipinski definition) is 4. The molecule has 122 valence electrons. The normalized spacial score (nSPS) is 11.9. The van der Waals surface area contributed by atoms with Crippen molar-refractivity contribution >= 4 is 17.5 Å². The van der Waals surface area contributed by atoms with Crippen LogP contribution in [0.25, 0.3) is 5.69 Å². The molecule has 0 saturated carbocycles. The minimum atomic E-state index is -0.125. The minimum absolute atomic E-state index is 0.0611. The van der Waals surface area contributed by atoms with Gasteiger partial charge in [0.1, 0.15) is 6.33 Å². The van der Waals surface area contributed by atoms with Gasteiger partial charge >= 0.3 is 0 Å². The minimum Gasteiger partial charge on any atom is -0.345 e. The predicted molar refractivity (Wildman–Crippen MR) is 91.1 cm³/mol. The SMILES string of the molecule is CCC(NC(=O)c1ccc(-n2cnnn2)cc1)c1ccc(Cl)cc1. The summed E-state index contributed by atoms with van der Waals surface area (Å²) in [5.41, 5.74) is 2.40. The predicted octanol–water partition coefficient (Wildman–Crippen LogP) is 3.20. The van der Waals surface area contributed by atoms with Crippen LogP contribution in [0.3, 0.4) is 0 Å². The molecule has 1 amide bonds. The average Bonchev–Trinajstić information content (AvgIpc) is 3.15. The maximum Gasteiger partial charge on any atom is 0.251 e. The van der Waals surface area contributed by atoms with Crippen LogP contribution in [0.4, 0.5) is 0 Å². The molecule has 7 heteroatoms. The Balaban J connectivity index is 1.72. The lowest BCUT2D eigenvalue weighted by atomic mass is 10.0. The second kappa shape index (κ2) is 7.23. The number of nitrogens with one attached hydrogen (secondary N) is 1. The number of rotatable bonds is 5. The van der Waals surface area contributed by atoms with Crippen LogP contribution < -0.4 is 5.32 Å². The monoisotopic (exact) mass is 341 g/mol. The molecule has 0 saturated heterocycles. The zero-order valence-electron chi connectivity index (χ0n) is 13.1. The fraction of sp³-hybridized carbons (Fsp3) is 0.176. The zero-order valence-corrected chi connectivity index (χ0v) is 13.8. The zero-order chi connectivity index (χ0) is 16.9. The molecular weight excluding hydrogens is 326 g/mol. The molecule has 1 aromatic heterocycles. The van der Waals surface area contributed by atoms with Crippen molar-refractivity contribution in [2.75, 3.05) is 0 Å². The number of benzene rings is 2. The van der Waals surface area contributed by atoms with E-state index < -0.39 is 0 Å². The van der Waals surface area contributed by atoms with E-state index in [0.29, 0.717) is 10.6 Å². The summed E-state index contributed by atoms with van der Waals surface area (Å²) in [6, 6.07) is 14.5. The molecule has 24 heavy (non-hydrogen) atoms. The second-order valence-electron chi connectivity index (χ2n) is 5.29. The van der Waals surface area contributed by atoms with Crippen LogP contribution in [0.15, 0.2) is 54.9 Å². The van der Waals surface area contributed by atoms with E-state index in [1.807, 2.05) is 31.2 Å². The largest absolute Gasteiger partial charge is 0.345 e. The molecule has 0 radical (unpaired) electrons. The van der Waals surface area contributed by atoms with Crippen molar-refractivity contribution in [2.45, 2.75) is 19.4 Å². The summed E-state index contributed by atoms with van der Waals surface area (Å²) in [6.45, 7) is 2.03. The van der Waals surface area contributed by atoms with Crippen LogP contribution in [0.1, 0.15) is 35.3 Å². The van der Waals surface area contributed by atoms with Gasteiger partial charge < -0.3 is 5.32 Å². The van der Waals surface area contributed by atoms with Crippen LogP contribution >= 0.6 is 11.6 Å². The number of carbonyl (C=O) groups excluding carboxylic acids is 1. The molecule has 2 aromatic carbocycles. The fourth-order valence-electron chi connectivity index (χ4n) is 2.40. The number of tetrazole rings is 1. The third-order valence-corrected chi connectivity index (χ3v) is 3.98. The first kappa shape index (κ1) is 16.1. The van der Waals surface area contributed by atoms with Crippen molar-refractivity contribution in [3.05, 3.63) is 71.0 Å². The van der Waals surface area contributed by atoms with E-state index in [1.165, 1.54) is 11.0 Å². The third-order valence-electron chi connectivity index (χ3n) is 3.73. The molecule has 0 aliphatic carbocycles. The number of halogens is 1. The number of amides is 1. The first-order valence-electron chi connectivity index (χ1n) is 7.57. The van der Waals surface area contributed by atoms with Gasteiger partial charge in [0.25, 0.3) is 5.91 Å². The standard InChI is InChI=1S/C17H16ClN5O/c1-2-16(12-3-7-14(18)8-4-12)20-17(24)13-5-9-15(10-6-13)23-11-19-21-22-23/h3-11,16H,2H2,1H3,(H,20,24). The molecule has 3 rings (SSSR count). The summed E-state index contributed by atoms with van der Waals surface area (Å²) < 4.78 is 1.53. The number of hydrogen-bond donors (Lipinski definition) is 1. The molecule has 1 heterocycles. The highest BCUT2D eigenvalue weighted by Gasteiger charge is 2.14. The molecule has 1 N–H and O–H groups in total. The van der Waals surface area contributed by atoms with Crippen LogP contribution in [0.5, 0.6) is 0 Å². The van der Waals surface area contributed by atoms with Gasteiger partial charge in [-0.3, -0.25) is 4.79 Å². The molecule has 0 aliphatic heterocycles. The topological polar surface area (TPSA) is 72.7 Å². The van der Waals surface area contributed by atoms with Crippen molar-refractivity contribution in [3.63, 3.8) is 0 Å². The fourth-order valence-corrected chi connectivity index (χ4v) is 2.53. The molecule has 0 spiro atoms. The number of carbonyl (C=O) groups is 1. The maximum atomic E-state index is 12.5. The second-order valence-corrected chi connectivity index (χ2v) is 5.72. The Labute approximate surface area is 144 Å². The summed E-state index contributed by atoms with van der Waals surface area (Å²) in [7, 11) is 0. The van der Waals surface area contributed by atoms with Gasteiger partial charge in [0, 0.05) is 10.6 Å². The van der Waals surface area contributed by atoms with Crippen LogP contribution in [0.2, 0.25) is 5.02 Å². The number of nitrogens with zero attached hydrogens (tertiary/aromatic N) is 4. The summed E-state index contributed by atoms with van der Waals surface area (Å²) in [6.07, 6.45) is 2.29. The van der Waals surface area contributed by atoms with Crippen LogP contribution in [-0.4, -0.2) is 26.1 Å². The molecule has 0 aliphatic rings. The average molecular weight is 342 g/mol. The Hall–Kier alpha value is -2.73. The van der Waals surface area contributed by atoms with Gasteiger partial charge in [-0.25, -0.2) is 4.68 Å². The van der Waals surface area contributed by atoms with E-state index in [2.05, 4.69) is 20.8 Å². The summed E-state index contributed by atoms with van der Waals surface area (Å²) in [5, 5.41) is 14.7. The van der Waals surface area contributed by atoms with Gasteiger partial charge in [0.2, 0.25) is 0 Å². The van der Waals surface area contributed by atoms with Crippen LogP contribution in [-0.2, 0) is 0 Å². The van der Waals surface area contributed by atoms with Gasteiger partial charge in [-0.15, -0.1) is 5.10 Å². The van der Waals surface area contributed by atoms with Crippen molar-refractivity contribution in [2.24, 2.45) is 0 Å². The van der Waals surface area contributed by atoms with Gasteiger partial charge in [-0.1, -0.05) is 30.7 Å². The maximum absolute atomic E-state index is 12.5. The van der Waals surface area contributed by atoms with Gasteiger partial charge in [-0.2, -0.15) is 0 Å². The van der Waals surface area contributed by atoms with E-state index in [1.54, 1.807) is 24.3 Å². The Kier molecular flexibility index (Phi) is 4.86. The van der Waals surface area contributed by atoms with Gasteiger partial charge in [0.05, 0.1) is 11.7 Å². The lowest BCUT2D eigenvalue weighted by Crippen LogP contribution is -2.28.